The maximum Gasteiger partial charge on any atom is 0.232 e. The van der Waals surface area contributed by atoms with Crippen molar-refractivity contribution in [1.29, 1.82) is 0 Å². The third kappa shape index (κ3) is 4.31. The number of aryl methyl sites for hydroxylation is 1. The average Bonchev–Trinajstić information content (AvgIpc) is 3.08. The molecule has 2 aromatic rings. The van der Waals surface area contributed by atoms with E-state index in [9.17, 15) is 5.11 Å². The minimum Gasteiger partial charge on any atom is -0.477 e. The number of aliphatic hydroxyl groups excluding tert-OH is 1. The van der Waals surface area contributed by atoms with Crippen LogP contribution in [0.5, 0.6) is 5.88 Å². The number of fused-ring (bicyclic) bond motifs is 2. The molecule has 0 saturated carbocycles. The van der Waals surface area contributed by atoms with Gasteiger partial charge in [-0.2, -0.15) is 0 Å². The van der Waals surface area contributed by atoms with E-state index >= 15 is 0 Å². The van der Waals surface area contributed by atoms with E-state index in [-0.39, 0.29) is 12.6 Å². The second-order valence-corrected chi connectivity index (χ2v) is 8.44. The van der Waals surface area contributed by atoms with Crippen molar-refractivity contribution in [3.8, 4) is 5.88 Å². The van der Waals surface area contributed by atoms with Crippen LogP contribution in [0, 0.1) is 0 Å². The van der Waals surface area contributed by atoms with E-state index in [1.165, 1.54) is 22.3 Å². The Hall–Kier alpha value is -1.59. The van der Waals surface area contributed by atoms with Crippen molar-refractivity contribution in [1.82, 2.24) is 9.88 Å². The molecule has 0 radical (unpaired) electrons. The lowest BCUT2D eigenvalue weighted by Crippen LogP contribution is -2.43. The smallest absolute Gasteiger partial charge is 0.232 e. The fraction of sp³-hybridized carbons (Fsp3) is 0.435. The summed E-state index contributed by atoms with van der Waals surface area (Å²) >= 11 is 12.3. The Morgan fingerprint density at radius 2 is 2.10 bits per heavy atom. The van der Waals surface area contributed by atoms with Gasteiger partial charge in [-0.15, -0.1) is 0 Å². The zero-order valence-corrected chi connectivity index (χ0v) is 18.1. The zero-order chi connectivity index (χ0) is 20.4. The molecule has 29 heavy (non-hydrogen) atoms. The Morgan fingerprint density at radius 1 is 1.24 bits per heavy atom. The molecule has 0 saturated heterocycles. The fourth-order valence-corrected chi connectivity index (χ4v) is 4.84. The molecule has 1 unspecified atom stereocenters. The first-order valence-corrected chi connectivity index (χ1v) is 11.0. The number of ether oxygens (including phenoxy) is 1. The summed E-state index contributed by atoms with van der Waals surface area (Å²) < 4.78 is 5.49. The standard InChI is InChI=1S/C23H26Cl2N2O2/c1-2-29-23-21(25)8-7-17(26-23)4-3-10-27-11-9-18-19-13-16(24)6-5-15(19)12-20(18)22(27)14-28/h5-8,13,22,28H,2-4,9-12,14H2,1H3. The van der Waals surface area contributed by atoms with Crippen LogP contribution in [-0.4, -0.2) is 47.3 Å². The van der Waals surface area contributed by atoms with Crippen LogP contribution < -0.4 is 4.74 Å². The van der Waals surface area contributed by atoms with Crippen molar-refractivity contribution in [3.63, 3.8) is 0 Å². The number of hydrogen-bond acceptors (Lipinski definition) is 4. The van der Waals surface area contributed by atoms with E-state index in [0.717, 1.165) is 49.5 Å². The number of rotatable bonds is 7. The molecule has 4 nitrogen and oxygen atoms in total. The summed E-state index contributed by atoms with van der Waals surface area (Å²) in [6, 6.07) is 10.1. The van der Waals surface area contributed by atoms with Crippen LogP contribution in [0.1, 0.15) is 36.6 Å². The van der Waals surface area contributed by atoms with Gasteiger partial charge in [0.2, 0.25) is 5.88 Å². The molecule has 1 aromatic heterocycles. The Balaban J connectivity index is 1.41. The molecule has 1 N–H and O–H groups in total. The average molecular weight is 433 g/mol. The van der Waals surface area contributed by atoms with E-state index in [1.807, 2.05) is 25.1 Å². The van der Waals surface area contributed by atoms with Crippen LogP contribution in [0.15, 0.2) is 35.9 Å². The molecule has 2 aliphatic rings. The van der Waals surface area contributed by atoms with Crippen LogP contribution in [0.2, 0.25) is 10.0 Å². The Kier molecular flexibility index (Phi) is 6.45. The highest BCUT2D eigenvalue weighted by Gasteiger charge is 2.33. The maximum absolute atomic E-state index is 10.1. The first kappa shape index (κ1) is 20.7. The third-order valence-corrected chi connectivity index (χ3v) is 6.38. The zero-order valence-electron chi connectivity index (χ0n) is 16.6. The van der Waals surface area contributed by atoms with Crippen LogP contribution >= 0.6 is 23.2 Å². The highest BCUT2D eigenvalue weighted by Crippen LogP contribution is 2.41. The van der Waals surface area contributed by atoms with Crippen molar-refractivity contribution in [2.24, 2.45) is 0 Å². The molecule has 154 valence electrons. The van der Waals surface area contributed by atoms with Gasteiger partial charge < -0.3 is 9.84 Å². The predicted octanol–water partition coefficient (Wildman–Crippen LogP) is 4.80. The second-order valence-electron chi connectivity index (χ2n) is 7.59. The Labute approximate surface area is 182 Å². The molecular formula is C23H26Cl2N2O2. The summed E-state index contributed by atoms with van der Waals surface area (Å²) in [5, 5.41) is 11.5. The normalized spacial score (nSPS) is 18.7. The number of hydrogen-bond donors (Lipinski definition) is 1. The van der Waals surface area contributed by atoms with Crippen molar-refractivity contribution in [2.75, 3.05) is 26.3 Å². The van der Waals surface area contributed by atoms with E-state index in [1.54, 1.807) is 0 Å². The van der Waals surface area contributed by atoms with Gasteiger partial charge in [0.25, 0.3) is 0 Å². The lowest BCUT2D eigenvalue weighted by atomic mass is 9.93. The van der Waals surface area contributed by atoms with Crippen molar-refractivity contribution >= 4 is 28.8 Å². The molecule has 0 amide bonds. The highest BCUT2D eigenvalue weighted by atomic mass is 35.5. The summed E-state index contributed by atoms with van der Waals surface area (Å²) in [7, 11) is 0. The van der Waals surface area contributed by atoms with E-state index in [0.29, 0.717) is 17.5 Å². The number of benzene rings is 1. The third-order valence-electron chi connectivity index (χ3n) is 5.86. The SMILES string of the molecule is CCOc1nc(CCCN2CCC3=C(Cc4ccc(Cl)cc43)C2CO)ccc1Cl. The largest absolute Gasteiger partial charge is 0.477 e. The molecule has 4 rings (SSSR count). The first-order chi connectivity index (χ1) is 14.1. The fourth-order valence-electron chi connectivity index (χ4n) is 4.51. The van der Waals surface area contributed by atoms with E-state index in [2.05, 4.69) is 22.0 Å². The van der Waals surface area contributed by atoms with Gasteiger partial charge in [0.05, 0.1) is 19.3 Å². The Morgan fingerprint density at radius 3 is 2.90 bits per heavy atom. The number of aliphatic hydroxyl groups is 1. The first-order valence-electron chi connectivity index (χ1n) is 10.2. The molecule has 6 heteroatoms. The summed E-state index contributed by atoms with van der Waals surface area (Å²) in [4.78, 5) is 6.94. The minimum absolute atomic E-state index is 0.0853. The monoisotopic (exact) mass is 432 g/mol. The molecule has 1 aromatic carbocycles. The highest BCUT2D eigenvalue weighted by molar-refractivity contribution is 6.31. The predicted molar refractivity (Wildman–Crippen MR) is 118 cm³/mol. The molecule has 0 bridgehead atoms. The number of pyridine rings is 1. The molecule has 0 fully saturated rings. The number of nitrogens with zero attached hydrogens (tertiary/aromatic N) is 2. The molecule has 2 heterocycles. The van der Waals surface area contributed by atoms with Gasteiger partial charge in [-0.1, -0.05) is 29.3 Å². The van der Waals surface area contributed by atoms with Gasteiger partial charge >= 0.3 is 0 Å². The van der Waals surface area contributed by atoms with Crippen LogP contribution in [0.25, 0.3) is 5.57 Å². The van der Waals surface area contributed by atoms with Crippen molar-refractivity contribution < 1.29 is 9.84 Å². The van der Waals surface area contributed by atoms with Gasteiger partial charge in [-0.3, -0.25) is 4.90 Å². The summed E-state index contributed by atoms with van der Waals surface area (Å²) in [6.45, 7) is 4.50. The quantitative estimate of drug-likeness (QED) is 0.682. The van der Waals surface area contributed by atoms with Crippen molar-refractivity contribution in [3.05, 3.63) is 62.8 Å². The Bertz CT molecular complexity index is 929. The van der Waals surface area contributed by atoms with Gasteiger partial charge in [0.15, 0.2) is 0 Å². The number of aromatic nitrogens is 1. The van der Waals surface area contributed by atoms with Gasteiger partial charge in [-0.25, -0.2) is 4.98 Å². The number of halogens is 2. The molecule has 1 aliphatic heterocycles. The van der Waals surface area contributed by atoms with Crippen molar-refractivity contribution in [2.45, 2.75) is 38.6 Å². The summed E-state index contributed by atoms with van der Waals surface area (Å²) in [5.74, 6) is 0.509. The molecule has 1 aliphatic carbocycles. The lowest BCUT2D eigenvalue weighted by Gasteiger charge is -2.36. The van der Waals surface area contributed by atoms with Gasteiger partial charge in [0.1, 0.15) is 5.02 Å². The van der Waals surface area contributed by atoms with Crippen LogP contribution in [-0.2, 0) is 12.8 Å². The summed E-state index contributed by atoms with van der Waals surface area (Å²) in [6.07, 6.45) is 3.75. The van der Waals surface area contributed by atoms with Crippen LogP contribution in [0.3, 0.4) is 0 Å². The van der Waals surface area contributed by atoms with Crippen LogP contribution in [0.4, 0.5) is 0 Å². The molecular weight excluding hydrogens is 407 g/mol. The lowest BCUT2D eigenvalue weighted by molar-refractivity contribution is 0.138. The maximum atomic E-state index is 10.1. The van der Waals surface area contributed by atoms with Gasteiger partial charge in [-0.05, 0) is 85.7 Å². The summed E-state index contributed by atoms with van der Waals surface area (Å²) in [5.41, 5.74) is 6.34. The molecule has 1 atom stereocenters. The topological polar surface area (TPSA) is 45.6 Å². The molecule has 0 spiro atoms. The minimum atomic E-state index is 0.0853. The van der Waals surface area contributed by atoms with Gasteiger partial charge in [0, 0.05) is 17.3 Å². The van der Waals surface area contributed by atoms with E-state index < -0.39 is 0 Å². The van der Waals surface area contributed by atoms with E-state index in [4.69, 9.17) is 27.9 Å². The second kappa shape index (κ2) is 9.05.